The van der Waals surface area contributed by atoms with Crippen molar-refractivity contribution in [1.82, 2.24) is 0 Å². The summed E-state index contributed by atoms with van der Waals surface area (Å²) in [4.78, 5) is 23.4. The first-order chi connectivity index (χ1) is 10.5. The van der Waals surface area contributed by atoms with Gasteiger partial charge < -0.3 is 9.47 Å². The fourth-order valence-electron chi connectivity index (χ4n) is 2.26. The van der Waals surface area contributed by atoms with E-state index in [1.165, 1.54) is 0 Å². The van der Waals surface area contributed by atoms with E-state index in [2.05, 4.69) is 0 Å². The van der Waals surface area contributed by atoms with Crippen molar-refractivity contribution in [3.05, 3.63) is 35.4 Å². The smallest absolute Gasteiger partial charge is 0.310 e. The van der Waals surface area contributed by atoms with E-state index in [-0.39, 0.29) is 11.9 Å². The lowest BCUT2D eigenvalue weighted by Crippen LogP contribution is -2.11. The average molecular weight is 300 g/mol. The maximum atomic E-state index is 11.7. The van der Waals surface area contributed by atoms with Crippen LogP contribution in [0.25, 0.3) is 10.8 Å². The predicted octanol–water partition coefficient (Wildman–Crippen LogP) is 4.09. The fraction of sp³-hybridized carbons (Fsp3) is 0.333. The van der Waals surface area contributed by atoms with Gasteiger partial charge in [0.1, 0.15) is 11.5 Å². The van der Waals surface area contributed by atoms with E-state index in [9.17, 15) is 9.59 Å². The molecule has 0 saturated heterocycles. The Morgan fingerprint density at radius 1 is 0.818 bits per heavy atom. The van der Waals surface area contributed by atoms with Gasteiger partial charge in [0.2, 0.25) is 0 Å². The lowest BCUT2D eigenvalue weighted by Gasteiger charge is -2.17. The van der Waals surface area contributed by atoms with Crippen LogP contribution in [0.3, 0.4) is 0 Å². The molecule has 0 spiro atoms. The molecule has 2 rings (SSSR count). The van der Waals surface area contributed by atoms with E-state index in [0.29, 0.717) is 24.3 Å². The zero-order chi connectivity index (χ0) is 16.3. The molecule has 0 amide bonds. The summed E-state index contributed by atoms with van der Waals surface area (Å²) in [6, 6.07) is 7.46. The van der Waals surface area contributed by atoms with Gasteiger partial charge in [0, 0.05) is 23.6 Å². The highest BCUT2D eigenvalue weighted by Gasteiger charge is 2.19. The van der Waals surface area contributed by atoms with Crippen molar-refractivity contribution in [3.63, 3.8) is 0 Å². The number of benzene rings is 2. The van der Waals surface area contributed by atoms with Gasteiger partial charge in [-0.3, -0.25) is 9.59 Å². The molecule has 116 valence electrons. The van der Waals surface area contributed by atoms with Crippen LogP contribution in [-0.4, -0.2) is 11.9 Å². The lowest BCUT2D eigenvalue weighted by atomic mass is 9.99. The largest absolute Gasteiger partial charge is 0.426 e. The molecule has 0 aromatic heterocycles. The molecule has 0 aliphatic carbocycles. The average Bonchev–Trinajstić information content (AvgIpc) is 2.54. The Morgan fingerprint density at radius 3 is 1.50 bits per heavy atom. The van der Waals surface area contributed by atoms with Crippen LogP contribution in [-0.2, 0) is 9.59 Å². The highest BCUT2D eigenvalue weighted by molar-refractivity contribution is 5.98. The second kappa shape index (κ2) is 6.60. The van der Waals surface area contributed by atoms with Crippen molar-refractivity contribution < 1.29 is 19.1 Å². The lowest BCUT2D eigenvalue weighted by molar-refractivity contribution is -0.135. The van der Waals surface area contributed by atoms with Crippen molar-refractivity contribution in [2.45, 2.75) is 40.5 Å². The number of fused-ring (bicyclic) bond motifs is 1. The minimum Gasteiger partial charge on any atom is -0.426 e. The molecule has 2 aromatic carbocycles. The first-order valence-electron chi connectivity index (χ1n) is 7.42. The van der Waals surface area contributed by atoms with Crippen LogP contribution in [0.2, 0.25) is 0 Å². The summed E-state index contributed by atoms with van der Waals surface area (Å²) in [6.45, 7) is 7.24. The van der Waals surface area contributed by atoms with E-state index in [0.717, 1.165) is 21.9 Å². The second-order valence-electron chi connectivity index (χ2n) is 5.11. The second-order valence-corrected chi connectivity index (χ2v) is 5.11. The summed E-state index contributed by atoms with van der Waals surface area (Å²) in [7, 11) is 0. The molecule has 0 N–H and O–H groups in total. The van der Waals surface area contributed by atoms with Gasteiger partial charge in [0.25, 0.3) is 0 Å². The Bertz CT molecular complexity index is 669. The third-order valence-electron chi connectivity index (χ3n) is 3.67. The molecule has 0 aliphatic rings. The molecule has 0 radical (unpaired) electrons. The monoisotopic (exact) mass is 300 g/mol. The van der Waals surface area contributed by atoms with Crippen molar-refractivity contribution in [2.75, 3.05) is 0 Å². The maximum Gasteiger partial charge on any atom is 0.310 e. The van der Waals surface area contributed by atoms with Gasteiger partial charge in [0.15, 0.2) is 0 Å². The Morgan fingerprint density at radius 2 is 1.18 bits per heavy atom. The van der Waals surface area contributed by atoms with Crippen LogP contribution >= 0.6 is 0 Å². The quantitative estimate of drug-likeness (QED) is 0.630. The third-order valence-corrected chi connectivity index (χ3v) is 3.67. The van der Waals surface area contributed by atoms with Crippen LogP contribution in [0, 0.1) is 13.8 Å². The number of carbonyl (C=O) groups excluding carboxylic acids is 2. The number of hydrogen-bond acceptors (Lipinski definition) is 4. The number of rotatable bonds is 4. The number of esters is 2. The number of ether oxygens (including phenoxy) is 2. The molecular weight excluding hydrogens is 280 g/mol. The van der Waals surface area contributed by atoms with Gasteiger partial charge in [-0.25, -0.2) is 0 Å². The first kappa shape index (κ1) is 16.0. The summed E-state index contributed by atoms with van der Waals surface area (Å²) in [5.74, 6) is 0.504. The van der Waals surface area contributed by atoms with Gasteiger partial charge in [-0.2, -0.15) is 0 Å². The first-order valence-corrected chi connectivity index (χ1v) is 7.42. The molecule has 0 unspecified atom stereocenters. The topological polar surface area (TPSA) is 52.6 Å². The Kier molecular flexibility index (Phi) is 4.81. The summed E-state index contributed by atoms with van der Waals surface area (Å²) in [6.07, 6.45) is 0.610. The SMILES string of the molecule is CCC(=O)Oc1c(C)c(C)c(OC(=O)CC)c2ccccc12. The normalized spacial score (nSPS) is 10.5. The number of hydrogen-bond donors (Lipinski definition) is 0. The third kappa shape index (κ3) is 2.96. The van der Waals surface area contributed by atoms with Crippen molar-refractivity contribution in [1.29, 1.82) is 0 Å². The molecule has 0 fully saturated rings. The molecule has 0 saturated carbocycles. The molecule has 0 atom stereocenters. The van der Waals surface area contributed by atoms with Gasteiger partial charge >= 0.3 is 11.9 Å². The molecule has 0 aliphatic heterocycles. The Labute approximate surface area is 130 Å². The van der Waals surface area contributed by atoms with Crippen LogP contribution in [0.15, 0.2) is 24.3 Å². The van der Waals surface area contributed by atoms with E-state index in [1.807, 2.05) is 38.1 Å². The zero-order valence-electron chi connectivity index (χ0n) is 13.4. The van der Waals surface area contributed by atoms with Gasteiger partial charge in [0.05, 0.1) is 0 Å². The molecular formula is C18H20O4. The van der Waals surface area contributed by atoms with Crippen LogP contribution in [0.1, 0.15) is 37.8 Å². The summed E-state index contributed by atoms with van der Waals surface area (Å²) < 4.78 is 11.0. The zero-order valence-corrected chi connectivity index (χ0v) is 13.4. The molecule has 4 nitrogen and oxygen atoms in total. The molecule has 2 aromatic rings. The molecule has 0 bridgehead atoms. The molecule has 0 heterocycles. The number of carbonyl (C=O) groups is 2. The van der Waals surface area contributed by atoms with Gasteiger partial charge in [-0.05, 0) is 25.0 Å². The van der Waals surface area contributed by atoms with Crippen LogP contribution < -0.4 is 9.47 Å². The van der Waals surface area contributed by atoms with E-state index >= 15 is 0 Å². The Balaban J connectivity index is 2.69. The minimum absolute atomic E-state index is 0.286. The fourth-order valence-corrected chi connectivity index (χ4v) is 2.26. The van der Waals surface area contributed by atoms with Crippen molar-refractivity contribution >= 4 is 22.7 Å². The molecule has 4 heteroatoms. The van der Waals surface area contributed by atoms with Crippen LogP contribution in [0.5, 0.6) is 11.5 Å². The van der Waals surface area contributed by atoms with E-state index in [4.69, 9.17) is 9.47 Å². The standard InChI is InChI=1S/C18H20O4/c1-5-15(19)21-17-11(3)12(4)18(22-16(20)6-2)14-10-8-7-9-13(14)17/h7-10H,5-6H2,1-4H3. The summed E-state index contributed by atoms with van der Waals surface area (Å²) in [5, 5.41) is 1.54. The molecule has 22 heavy (non-hydrogen) atoms. The summed E-state index contributed by atoms with van der Waals surface area (Å²) >= 11 is 0. The van der Waals surface area contributed by atoms with Gasteiger partial charge in [-0.15, -0.1) is 0 Å². The Hall–Kier alpha value is -2.36. The van der Waals surface area contributed by atoms with Crippen molar-refractivity contribution in [3.8, 4) is 11.5 Å². The summed E-state index contributed by atoms with van der Waals surface area (Å²) in [5.41, 5.74) is 1.61. The predicted molar refractivity (Wildman–Crippen MR) is 85.3 cm³/mol. The van der Waals surface area contributed by atoms with E-state index < -0.39 is 0 Å². The van der Waals surface area contributed by atoms with E-state index in [1.54, 1.807) is 13.8 Å². The highest BCUT2D eigenvalue weighted by atomic mass is 16.5. The van der Waals surface area contributed by atoms with Gasteiger partial charge in [-0.1, -0.05) is 38.1 Å². The maximum absolute atomic E-state index is 11.7. The highest BCUT2D eigenvalue weighted by Crippen LogP contribution is 2.40. The van der Waals surface area contributed by atoms with Crippen LogP contribution in [0.4, 0.5) is 0 Å². The van der Waals surface area contributed by atoms with Crippen molar-refractivity contribution in [2.24, 2.45) is 0 Å². The minimum atomic E-state index is -0.286.